The van der Waals surface area contributed by atoms with Gasteiger partial charge in [-0.15, -0.1) is 0 Å². The second kappa shape index (κ2) is 9.18. The zero-order valence-corrected chi connectivity index (χ0v) is 16.9. The van der Waals surface area contributed by atoms with Crippen molar-refractivity contribution in [2.24, 2.45) is 0 Å². The SMILES string of the molecule is N#Cc1cc(-c2cncc(OCC(Cc3c[nH]c4ccccc34)NC(=O)O)c2)ccc1F. The minimum absolute atomic E-state index is 0.0572. The van der Waals surface area contributed by atoms with E-state index in [0.29, 0.717) is 23.3 Å². The van der Waals surface area contributed by atoms with Gasteiger partial charge in [-0.05, 0) is 41.8 Å². The highest BCUT2D eigenvalue weighted by Gasteiger charge is 2.16. The number of nitriles is 1. The maximum atomic E-state index is 13.6. The molecular formula is C24H19FN4O3. The van der Waals surface area contributed by atoms with E-state index in [1.807, 2.05) is 36.5 Å². The maximum absolute atomic E-state index is 13.6. The normalized spacial score (nSPS) is 11.6. The predicted octanol–water partition coefficient (Wildman–Crippen LogP) is 4.50. The van der Waals surface area contributed by atoms with Crippen LogP contribution in [0.5, 0.6) is 5.75 Å². The molecule has 7 nitrogen and oxygen atoms in total. The molecule has 1 atom stereocenters. The first-order valence-electron chi connectivity index (χ1n) is 9.86. The fourth-order valence-electron chi connectivity index (χ4n) is 3.54. The van der Waals surface area contributed by atoms with Crippen LogP contribution in [-0.2, 0) is 6.42 Å². The third-order valence-corrected chi connectivity index (χ3v) is 5.05. The monoisotopic (exact) mass is 430 g/mol. The second-order valence-electron chi connectivity index (χ2n) is 7.24. The molecule has 2 aromatic carbocycles. The van der Waals surface area contributed by atoms with Crippen LogP contribution in [0.3, 0.4) is 0 Å². The molecule has 32 heavy (non-hydrogen) atoms. The predicted molar refractivity (Wildman–Crippen MR) is 117 cm³/mol. The molecule has 1 unspecified atom stereocenters. The van der Waals surface area contributed by atoms with Crippen molar-refractivity contribution in [3.8, 4) is 22.9 Å². The Bertz CT molecular complexity index is 1310. The summed E-state index contributed by atoms with van der Waals surface area (Å²) in [7, 11) is 0. The summed E-state index contributed by atoms with van der Waals surface area (Å²) in [6.07, 6.45) is 4.26. The molecule has 0 fully saturated rings. The Morgan fingerprint density at radius 2 is 2.06 bits per heavy atom. The number of carboxylic acid groups (broad SMARTS) is 1. The molecule has 2 heterocycles. The minimum Gasteiger partial charge on any atom is -0.490 e. The van der Waals surface area contributed by atoms with E-state index in [2.05, 4.69) is 15.3 Å². The molecule has 0 aliphatic heterocycles. The van der Waals surface area contributed by atoms with Gasteiger partial charge in [0.15, 0.2) is 0 Å². The molecule has 4 rings (SSSR count). The minimum atomic E-state index is -1.14. The number of ether oxygens (including phenoxy) is 1. The number of hydrogen-bond acceptors (Lipinski definition) is 4. The Morgan fingerprint density at radius 1 is 1.22 bits per heavy atom. The van der Waals surface area contributed by atoms with Crippen LogP contribution in [0.2, 0.25) is 0 Å². The number of para-hydroxylation sites is 1. The summed E-state index contributed by atoms with van der Waals surface area (Å²) in [6, 6.07) is 15.1. The number of pyridine rings is 1. The summed E-state index contributed by atoms with van der Waals surface area (Å²) in [6.45, 7) is 0.0871. The summed E-state index contributed by atoms with van der Waals surface area (Å²) < 4.78 is 19.4. The average Bonchev–Trinajstić information content (AvgIpc) is 3.20. The Hall–Kier alpha value is -4.38. The smallest absolute Gasteiger partial charge is 0.405 e. The Morgan fingerprint density at radius 3 is 2.88 bits per heavy atom. The van der Waals surface area contributed by atoms with Gasteiger partial charge in [-0.3, -0.25) is 4.98 Å². The number of benzene rings is 2. The summed E-state index contributed by atoms with van der Waals surface area (Å²) in [5, 5.41) is 21.8. The Labute approximate surface area is 183 Å². The molecule has 0 radical (unpaired) electrons. The molecule has 0 aliphatic carbocycles. The van der Waals surface area contributed by atoms with Gasteiger partial charge in [0.2, 0.25) is 0 Å². The van der Waals surface area contributed by atoms with Crippen LogP contribution in [0.15, 0.2) is 67.1 Å². The summed E-state index contributed by atoms with van der Waals surface area (Å²) in [5.41, 5.74) is 3.17. The largest absolute Gasteiger partial charge is 0.490 e. The van der Waals surface area contributed by atoms with Gasteiger partial charge >= 0.3 is 6.09 Å². The fraction of sp³-hybridized carbons (Fsp3) is 0.125. The quantitative estimate of drug-likeness (QED) is 0.400. The summed E-state index contributed by atoms with van der Waals surface area (Å²) >= 11 is 0. The van der Waals surface area contributed by atoms with E-state index in [1.54, 1.807) is 18.3 Å². The molecule has 0 aliphatic rings. The van der Waals surface area contributed by atoms with Crippen molar-refractivity contribution in [3.05, 3.63) is 84.1 Å². The average molecular weight is 430 g/mol. The van der Waals surface area contributed by atoms with Crippen LogP contribution in [0.4, 0.5) is 9.18 Å². The van der Waals surface area contributed by atoms with E-state index in [4.69, 9.17) is 10.00 Å². The fourth-order valence-corrected chi connectivity index (χ4v) is 3.54. The lowest BCUT2D eigenvalue weighted by Gasteiger charge is -2.18. The molecule has 0 bridgehead atoms. The zero-order valence-electron chi connectivity index (χ0n) is 16.9. The first-order valence-corrected chi connectivity index (χ1v) is 9.86. The Balaban J connectivity index is 1.50. The van der Waals surface area contributed by atoms with Gasteiger partial charge in [-0.25, -0.2) is 9.18 Å². The van der Waals surface area contributed by atoms with Crippen molar-refractivity contribution in [1.82, 2.24) is 15.3 Å². The molecule has 4 aromatic rings. The van der Waals surface area contributed by atoms with Gasteiger partial charge in [-0.1, -0.05) is 24.3 Å². The van der Waals surface area contributed by atoms with Gasteiger partial charge in [0.1, 0.15) is 24.2 Å². The van der Waals surface area contributed by atoms with Crippen molar-refractivity contribution in [2.75, 3.05) is 6.61 Å². The lowest BCUT2D eigenvalue weighted by Crippen LogP contribution is -2.39. The number of nitrogens with one attached hydrogen (secondary N) is 2. The molecule has 0 saturated carbocycles. The topological polar surface area (TPSA) is 111 Å². The number of aromatic nitrogens is 2. The molecule has 8 heteroatoms. The standard InChI is InChI=1S/C24H19FN4O3/c25-22-6-5-15(7-16(22)10-26)17-9-20(13-27-11-17)32-14-19(29-24(30)31)8-18-12-28-23-4-2-1-3-21(18)23/h1-7,9,11-13,19,28-29H,8,14H2,(H,30,31). The highest BCUT2D eigenvalue weighted by molar-refractivity contribution is 5.83. The van der Waals surface area contributed by atoms with Gasteiger partial charge in [0.05, 0.1) is 17.8 Å². The number of halogens is 1. The van der Waals surface area contributed by atoms with Crippen molar-refractivity contribution in [3.63, 3.8) is 0 Å². The molecule has 0 saturated heterocycles. The van der Waals surface area contributed by atoms with Crippen molar-refractivity contribution in [1.29, 1.82) is 5.26 Å². The summed E-state index contributed by atoms with van der Waals surface area (Å²) in [4.78, 5) is 18.6. The number of rotatable bonds is 7. The Kier molecular flexibility index (Phi) is 5.99. The van der Waals surface area contributed by atoms with E-state index < -0.39 is 18.0 Å². The number of fused-ring (bicyclic) bond motifs is 1. The van der Waals surface area contributed by atoms with Gasteiger partial charge in [0, 0.05) is 28.9 Å². The van der Waals surface area contributed by atoms with Gasteiger partial charge < -0.3 is 20.1 Å². The van der Waals surface area contributed by atoms with Crippen molar-refractivity contribution >= 4 is 17.0 Å². The van der Waals surface area contributed by atoms with E-state index in [9.17, 15) is 14.3 Å². The molecule has 1 amide bonds. The molecule has 2 aromatic heterocycles. The van der Waals surface area contributed by atoms with Crippen molar-refractivity contribution in [2.45, 2.75) is 12.5 Å². The first-order chi connectivity index (χ1) is 15.5. The van der Waals surface area contributed by atoms with E-state index in [-0.39, 0.29) is 12.2 Å². The highest BCUT2D eigenvalue weighted by Crippen LogP contribution is 2.25. The van der Waals surface area contributed by atoms with E-state index in [0.717, 1.165) is 16.5 Å². The third kappa shape index (κ3) is 4.68. The first kappa shape index (κ1) is 20.9. The van der Waals surface area contributed by atoms with Crippen LogP contribution >= 0.6 is 0 Å². The molecule has 3 N–H and O–H groups in total. The zero-order chi connectivity index (χ0) is 22.5. The molecule has 0 spiro atoms. The second-order valence-corrected chi connectivity index (χ2v) is 7.24. The van der Waals surface area contributed by atoms with Crippen LogP contribution in [0, 0.1) is 17.1 Å². The van der Waals surface area contributed by atoms with Crippen LogP contribution < -0.4 is 10.1 Å². The maximum Gasteiger partial charge on any atom is 0.405 e. The van der Waals surface area contributed by atoms with Crippen LogP contribution in [0.25, 0.3) is 22.0 Å². The van der Waals surface area contributed by atoms with Crippen LogP contribution in [-0.4, -0.2) is 33.8 Å². The van der Waals surface area contributed by atoms with E-state index in [1.165, 1.54) is 18.3 Å². The van der Waals surface area contributed by atoms with E-state index >= 15 is 0 Å². The summed E-state index contributed by atoms with van der Waals surface area (Å²) in [5.74, 6) is -0.155. The number of hydrogen-bond donors (Lipinski definition) is 3. The number of nitrogens with zero attached hydrogens (tertiary/aromatic N) is 2. The van der Waals surface area contributed by atoms with Gasteiger partial charge in [0.25, 0.3) is 0 Å². The highest BCUT2D eigenvalue weighted by atomic mass is 19.1. The molecular weight excluding hydrogens is 411 g/mol. The van der Waals surface area contributed by atoms with Crippen molar-refractivity contribution < 1.29 is 19.0 Å². The van der Waals surface area contributed by atoms with Gasteiger partial charge in [-0.2, -0.15) is 5.26 Å². The lowest BCUT2D eigenvalue weighted by molar-refractivity contribution is 0.181. The number of carbonyl (C=O) groups is 1. The van der Waals surface area contributed by atoms with Crippen LogP contribution in [0.1, 0.15) is 11.1 Å². The number of aromatic amines is 1. The number of H-pyrrole nitrogens is 1. The third-order valence-electron chi connectivity index (χ3n) is 5.05. The lowest BCUT2D eigenvalue weighted by atomic mass is 10.0. The molecule has 160 valence electrons. The number of amides is 1.